The van der Waals surface area contributed by atoms with Gasteiger partial charge in [-0.15, -0.1) is 0 Å². The maximum absolute atomic E-state index is 12.8. The summed E-state index contributed by atoms with van der Waals surface area (Å²) in [7, 11) is 0. The van der Waals surface area contributed by atoms with E-state index in [4.69, 9.17) is 14.6 Å². The van der Waals surface area contributed by atoms with E-state index in [2.05, 4.69) is 10.6 Å². The molecule has 1 spiro atoms. The summed E-state index contributed by atoms with van der Waals surface area (Å²) >= 11 is 0. The smallest absolute Gasteiger partial charge is 0.475 e. The van der Waals surface area contributed by atoms with Crippen molar-refractivity contribution in [2.75, 3.05) is 39.3 Å². The molecule has 33 heavy (non-hydrogen) atoms. The zero-order chi connectivity index (χ0) is 24.9. The Morgan fingerprint density at radius 2 is 1.88 bits per heavy atom. The van der Waals surface area contributed by atoms with Crippen LogP contribution in [0, 0.1) is 0 Å². The van der Waals surface area contributed by atoms with Gasteiger partial charge < -0.3 is 25.4 Å². The summed E-state index contributed by atoms with van der Waals surface area (Å²) in [6.07, 6.45) is -8.85. The molecule has 1 atom stereocenters. The first kappa shape index (κ1) is 26.7. The van der Waals surface area contributed by atoms with E-state index < -0.39 is 23.9 Å². The van der Waals surface area contributed by atoms with E-state index in [0.717, 1.165) is 19.2 Å². The topological polar surface area (TPSA) is 90.9 Å². The minimum atomic E-state index is -5.08. The van der Waals surface area contributed by atoms with E-state index in [1.165, 1.54) is 12.1 Å². The first-order valence-electron chi connectivity index (χ1n) is 10.1. The minimum absolute atomic E-state index is 0.0792. The molecule has 0 aliphatic carbocycles. The van der Waals surface area contributed by atoms with Gasteiger partial charge in [-0.1, -0.05) is 25.1 Å². The summed E-state index contributed by atoms with van der Waals surface area (Å²) in [5.41, 5.74) is -0.264. The van der Waals surface area contributed by atoms with E-state index in [1.54, 1.807) is 11.0 Å². The van der Waals surface area contributed by atoms with Gasteiger partial charge in [0.05, 0.1) is 18.7 Å². The lowest BCUT2D eigenvalue weighted by Gasteiger charge is -2.48. The average Bonchev–Trinajstić information content (AvgIpc) is 2.71. The zero-order valence-electron chi connectivity index (χ0n) is 17.7. The van der Waals surface area contributed by atoms with Crippen LogP contribution in [0.2, 0.25) is 0 Å². The summed E-state index contributed by atoms with van der Waals surface area (Å²) in [5, 5.41) is 13.2. The number of urea groups is 1. The van der Waals surface area contributed by atoms with Crippen molar-refractivity contribution >= 4 is 12.0 Å². The fourth-order valence-electron chi connectivity index (χ4n) is 3.33. The molecule has 186 valence electrons. The van der Waals surface area contributed by atoms with E-state index in [-0.39, 0.29) is 17.6 Å². The van der Waals surface area contributed by atoms with Gasteiger partial charge in [-0.3, -0.25) is 0 Å². The van der Waals surface area contributed by atoms with Gasteiger partial charge in [0.25, 0.3) is 0 Å². The number of rotatable bonds is 4. The highest BCUT2D eigenvalue weighted by Crippen LogP contribution is 2.31. The van der Waals surface area contributed by atoms with Crippen LogP contribution >= 0.6 is 0 Å². The summed E-state index contributed by atoms with van der Waals surface area (Å²) in [6.45, 7) is 5.43. The number of hydrogen-bond acceptors (Lipinski definition) is 4. The number of alkyl halides is 6. The van der Waals surface area contributed by atoms with Gasteiger partial charge in [0.1, 0.15) is 5.60 Å². The van der Waals surface area contributed by atoms with Gasteiger partial charge in [-0.05, 0) is 24.0 Å². The molecule has 1 unspecified atom stereocenters. The lowest BCUT2D eigenvalue weighted by Crippen LogP contribution is -2.70. The van der Waals surface area contributed by atoms with Gasteiger partial charge in [-0.2, -0.15) is 26.3 Å². The van der Waals surface area contributed by atoms with Crippen molar-refractivity contribution in [3.05, 3.63) is 35.4 Å². The van der Waals surface area contributed by atoms with Gasteiger partial charge in [0.15, 0.2) is 0 Å². The van der Waals surface area contributed by atoms with Crippen LogP contribution in [-0.2, 0) is 15.7 Å². The Kier molecular flexibility index (Phi) is 8.57. The number of halogens is 6. The molecule has 0 bridgehead atoms. The normalized spacial score (nSPS) is 18.6. The first-order chi connectivity index (χ1) is 15.2. The van der Waals surface area contributed by atoms with Gasteiger partial charge in [-0.25, -0.2) is 9.59 Å². The number of ether oxygens (including phenoxy) is 1. The second kappa shape index (κ2) is 10.6. The number of benzene rings is 1. The SMILES string of the molecule is CC(CCNC(=O)N1CCOC2(CNC2)C1)c1cccc(C(F)(F)F)c1.O=C(O)C(F)(F)F. The standard InChI is InChI=1S/C18H24F3N3O2.C2HF3O2/c1-13(14-3-2-4-15(9-14)18(19,20)21)5-6-23-16(25)24-7-8-26-17(12-24)10-22-11-17;3-2(4,5)1(6)7/h2-4,9,13,22H,5-8,10-12H2,1H3,(H,23,25);(H,6,7). The largest absolute Gasteiger partial charge is 0.490 e. The molecule has 0 saturated carbocycles. The van der Waals surface area contributed by atoms with E-state index >= 15 is 0 Å². The highest BCUT2D eigenvalue weighted by Gasteiger charge is 2.43. The van der Waals surface area contributed by atoms with Crippen molar-refractivity contribution in [1.82, 2.24) is 15.5 Å². The predicted octanol–water partition coefficient (Wildman–Crippen LogP) is 3.22. The van der Waals surface area contributed by atoms with Gasteiger partial charge in [0, 0.05) is 26.2 Å². The lowest BCUT2D eigenvalue weighted by molar-refractivity contribution is -0.192. The molecule has 2 saturated heterocycles. The molecule has 2 amide bonds. The second-order valence-corrected chi connectivity index (χ2v) is 7.90. The number of amides is 2. The zero-order valence-corrected chi connectivity index (χ0v) is 17.7. The lowest BCUT2D eigenvalue weighted by atomic mass is 9.95. The Hall–Kier alpha value is -2.54. The van der Waals surface area contributed by atoms with Crippen molar-refractivity contribution in [2.45, 2.75) is 37.2 Å². The van der Waals surface area contributed by atoms with E-state index in [1.807, 2.05) is 6.92 Å². The molecule has 7 nitrogen and oxygen atoms in total. The Labute approximate surface area is 186 Å². The van der Waals surface area contributed by atoms with Crippen LogP contribution in [0.5, 0.6) is 0 Å². The Morgan fingerprint density at radius 3 is 2.39 bits per heavy atom. The molecule has 3 N–H and O–H groups in total. The number of nitrogens with zero attached hydrogens (tertiary/aromatic N) is 1. The Bertz CT molecular complexity index is 827. The van der Waals surface area contributed by atoms with Crippen molar-refractivity contribution in [2.24, 2.45) is 0 Å². The third kappa shape index (κ3) is 7.77. The molecule has 3 rings (SSSR count). The third-order valence-corrected chi connectivity index (χ3v) is 5.31. The number of hydrogen-bond donors (Lipinski definition) is 3. The Balaban J connectivity index is 0.000000479. The van der Waals surface area contributed by atoms with Crippen LogP contribution in [0.15, 0.2) is 24.3 Å². The maximum Gasteiger partial charge on any atom is 0.490 e. The molecule has 13 heteroatoms. The van der Waals surface area contributed by atoms with Crippen LogP contribution in [0.4, 0.5) is 31.1 Å². The fraction of sp³-hybridized carbons (Fsp3) is 0.600. The molecule has 2 aliphatic heterocycles. The summed E-state index contributed by atoms with van der Waals surface area (Å²) < 4.78 is 75.9. The fourth-order valence-corrected chi connectivity index (χ4v) is 3.33. The number of carbonyl (C=O) groups is 2. The van der Waals surface area contributed by atoms with Crippen LogP contribution in [0.1, 0.15) is 30.4 Å². The highest BCUT2D eigenvalue weighted by atomic mass is 19.4. The number of carbonyl (C=O) groups excluding carboxylic acids is 1. The minimum Gasteiger partial charge on any atom is -0.475 e. The molecule has 2 heterocycles. The molecule has 1 aromatic carbocycles. The molecular formula is C20H25F6N3O4. The molecule has 2 aliphatic rings. The highest BCUT2D eigenvalue weighted by molar-refractivity contribution is 5.74. The number of morpholine rings is 1. The van der Waals surface area contributed by atoms with Gasteiger partial charge >= 0.3 is 24.4 Å². The molecule has 1 aromatic rings. The number of carboxylic acids is 1. The monoisotopic (exact) mass is 485 g/mol. The number of carboxylic acid groups (broad SMARTS) is 1. The van der Waals surface area contributed by atoms with Crippen LogP contribution < -0.4 is 10.6 Å². The average molecular weight is 485 g/mol. The van der Waals surface area contributed by atoms with E-state index in [9.17, 15) is 31.1 Å². The van der Waals surface area contributed by atoms with Crippen molar-refractivity contribution in [1.29, 1.82) is 0 Å². The van der Waals surface area contributed by atoms with Crippen molar-refractivity contribution < 1.29 is 45.8 Å². The Morgan fingerprint density at radius 1 is 1.24 bits per heavy atom. The van der Waals surface area contributed by atoms with Crippen molar-refractivity contribution in [3.8, 4) is 0 Å². The summed E-state index contributed by atoms with van der Waals surface area (Å²) in [4.78, 5) is 23.0. The van der Waals surface area contributed by atoms with Crippen LogP contribution in [-0.4, -0.2) is 73.1 Å². The molecule has 0 aromatic heterocycles. The summed E-state index contributed by atoms with van der Waals surface area (Å²) in [5.74, 6) is -2.84. The van der Waals surface area contributed by atoms with Crippen molar-refractivity contribution in [3.63, 3.8) is 0 Å². The second-order valence-electron chi connectivity index (χ2n) is 7.90. The van der Waals surface area contributed by atoms with Gasteiger partial charge in [0.2, 0.25) is 0 Å². The summed E-state index contributed by atoms with van der Waals surface area (Å²) in [6, 6.07) is 5.23. The first-order valence-corrected chi connectivity index (χ1v) is 10.1. The van der Waals surface area contributed by atoms with Crippen LogP contribution in [0.25, 0.3) is 0 Å². The molecule has 0 radical (unpaired) electrons. The predicted molar refractivity (Wildman–Crippen MR) is 105 cm³/mol. The number of nitrogens with one attached hydrogen (secondary N) is 2. The quantitative estimate of drug-likeness (QED) is 0.570. The third-order valence-electron chi connectivity index (χ3n) is 5.31. The molecular weight excluding hydrogens is 460 g/mol. The molecule has 2 fully saturated rings. The van der Waals surface area contributed by atoms with Crippen LogP contribution in [0.3, 0.4) is 0 Å². The number of aliphatic carboxylic acids is 1. The maximum atomic E-state index is 12.8. The van der Waals surface area contributed by atoms with E-state index in [0.29, 0.717) is 38.2 Å².